The Morgan fingerprint density at radius 1 is 1.09 bits per heavy atom. The molecule has 1 aliphatic heterocycles. The quantitative estimate of drug-likeness (QED) is 0.942. The van der Waals surface area contributed by atoms with Crippen molar-refractivity contribution < 1.29 is 8.42 Å². The zero-order valence-corrected chi connectivity index (χ0v) is 13.6. The molecular formula is C17H22N2O2S. The minimum absolute atomic E-state index is 0.346. The van der Waals surface area contributed by atoms with Gasteiger partial charge in [0, 0.05) is 6.54 Å². The molecule has 0 bridgehead atoms. The molecular weight excluding hydrogens is 296 g/mol. The number of piperidine rings is 1. The van der Waals surface area contributed by atoms with Crippen molar-refractivity contribution in [3.63, 3.8) is 0 Å². The summed E-state index contributed by atoms with van der Waals surface area (Å²) >= 11 is 0. The van der Waals surface area contributed by atoms with Gasteiger partial charge < -0.3 is 4.90 Å². The Morgan fingerprint density at radius 3 is 2.50 bits per heavy atom. The minimum atomic E-state index is -3.43. The first kappa shape index (κ1) is 15.5. The van der Waals surface area contributed by atoms with E-state index in [2.05, 4.69) is 16.7 Å². The summed E-state index contributed by atoms with van der Waals surface area (Å²) in [5.41, 5.74) is 0. The van der Waals surface area contributed by atoms with Crippen LogP contribution in [0.2, 0.25) is 0 Å². The maximum absolute atomic E-state index is 12.5. The van der Waals surface area contributed by atoms with Gasteiger partial charge in [0.2, 0.25) is 10.0 Å². The molecule has 1 N–H and O–H groups in total. The molecule has 0 radical (unpaired) electrons. The summed E-state index contributed by atoms with van der Waals surface area (Å²) in [5.74, 6) is 0.437. The first-order valence-electron chi connectivity index (χ1n) is 7.71. The van der Waals surface area contributed by atoms with Gasteiger partial charge in [0.1, 0.15) is 0 Å². The van der Waals surface area contributed by atoms with Crippen molar-refractivity contribution in [1.82, 2.24) is 9.62 Å². The molecule has 22 heavy (non-hydrogen) atoms. The molecule has 4 nitrogen and oxygen atoms in total. The van der Waals surface area contributed by atoms with E-state index >= 15 is 0 Å². The van der Waals surface area contributed by atoms with Crippen LogP contribution >= 0.6 is 0 Å². The maximum atomic E-state index is 12.5. The molecule has 0 saturated carbocycles. The fourth-order valence-corrected chi connectivity index (χ4v) is 4.06. The zero-order valence-electron chi connectivity index (χ0n) is 12.8. The standard InChI is InChI=1S/C17H22N2O2S/c1-19-10-8-14(9-11-19)13-18-22(20,21)17-7-6-15-4-2-3-5-16(15)12-17/h2-7,12,14,18H,8-11,13H2,1H3. The van der Waals surface area contributed by atoms with Crippen molar-refractivity contribution in [2.45, 2.75) is 17.7 Å². The van der Waals surface area contributed by atoms with Crippen LogP contribution in [0.1, 0.15) is 12.8 Å². The minimum Gasteiger partial charge on any atom is -0.306 e. The fourth-order valence-electron chi connectivity index (χ4n) is 2.91. The molecule has 0 amide bonds. The van der Waals surface area contributed by atoms with Crippen molar-refractivity contribution >= 4 is 20.8 Å². The number of likely N-dealkylation sites (tertiary alicyclic amines) is 1. The van der Waals surface area contributed by atoms with Gasteiger partial charge >= 0.3 is 0 Å². The Morgan fingerprint density at radius 2 is 1.77 bits per heavy atom. The lowest BCUT2D eigenvalue weighted by Gasteiger charge is -2.28. The van der Waals surface area contributed by atoms with Crippen molar-refractivity contribution in [1.29, 1.82) is 0 Å². The van der Waals surface area contributed by atoms with E-state index in [1.54, 1.807) is 12.1 Å². The van der Waals surface area contributed by atoms with Crippen molar-refractivity contribution in [2.24, 2.45) is 5.92 Å². The molecule has 1 aliphatic rings. The van der Waals surface area contributed by atoms with E-state index in [9.17, 15) is 8.42 Å². The molecule has 2 aromatic carbocycles. The number of fused-ring (bicyclic) bond motifs is 1. The fraction of sp³-hybridized carbons (Fsp3) is 0.412. The van der Waals surface area contributed by atoms with Gasteiger partial charge in [0.05, 0.1) is 4.90 Å². The number of sulfonamides is 1. The van der Waals surface area contributed by atoms with Crippen LogP contribution in [0, 0.1) is 5.92 Å². The van der Waals surface area contributed by atoms with E-state index in [4.69, 9.17) is 0 Å². The molecule has 2 aromatic rings. The van der Waals surface area contributed by atoms with Gasteiger partial charge in [-0.15, -0.1) is 0 Å². The predicted octanol–water partition coefficient (Wildman–Crippen LogP) is 2.46. The summed E-state index contributed by atoms with van der Waals surface area (Å²) in [6.07, 6.45) is 2.10. The van der Waals surface area contributed by atoms with Crippen molar-refractivity contribution in [2.75, 3.05) is 26.7 Å². The summed E-state index contributed by atoms with van der Waals surface area (Å²) in [6.45, 7) is 2.62. The summed E-state index contributed by atoms with van der Waals surface area (Å²) in [4.78, 5) is 2.63. The lowest BCUT2D eigenvalue weighted by Crippen LogP contribution is -2.36. The van der Waals surface area contributed by atoms with Crippen LogP contribution in [0.4, 0.5) is 0 Å². The normalized spacial score (nSPS) is 17.9. The van der Waals surface area contributed by atoms with Crippen molar-refractivity contribution in [3.8, 4) is 0 Å². The van der Waals surface area contributed by atoms with Crippen molar-refractivity contribution in [3.05, 3.63) is 42.5 Å². The molecule has 5 heteroatoms. The van der Waals surface area contributed by atoms with Crippen LogP contribution in [0.25, 0.3) is 10.8 Å². The lowest BCUT2D eigenvalue weighted by molar-refractivity contribution is 0.220. The monoisotopic (exact) mass is 318 g/mol. The summed E-state index contributed by atoms with van der Waals surface area (Å²) in [5, 5.41) is 2.00. The molecule has 118 valence electrons. The number of hydrogen-bond acceptors (Lipinski definition) is 3. The van der Waals surface area contributed by atoms with E-state index in [0.717, 1.165) is 36.7 Å². The van der Waals surface area contributed by atoms with Gasteiger partial charge in [0.25, 0.3) is 0 Å². The van der Waals surface area contributed by atoms with Gasteiger partial charge in [-0.25, -0.2) is 13.1 Å². The molecule has 0 aromatic heterocycles. The second kappa shape index (κ2) is 6.36. The van der Waals surface area contributed by atoms with Crippen LogP contribution in [0.15, 0.2) is 47.4 Å². The van der Waals surface area contributed by atoms with Crippen LogP contribution in [-0.2, 0) is 10.0 Å². The van der Waals surface area contributed by atoms with E-state index in [0.29, 0.717) is 17.4 Å². The summed E-state index contributed by atoms with van der Waals surface area (Å²) in [7, 11) is -1.32. The highest BCUT2D eigenvalue weighted by Gasteiger charge is 2.20. The highest BCUT2D eigenvalue weighted by Crippen LogP contribution is 2.20. The van der Waals surface area contributed by atoms with Crippen LogP contribution in [0.3, 0.4) is 0 Å². The Balaban J connectivity index is 1.71. The van der Waals surface area contributed by atoms with E-state index in [1.165, 1.54) is 0 Å². The first-order chi connectivity index (χ1) is 10.5. The smallest absolute Gasteiger partial charge is 0.240 e. The molecule has 0 aliphatic carbocycles. The number of benzene rings is 2. The molecule has 0 unspecified atom stereocenters. The molecule has 0 spiro atoms. The highest BCUT2D eigenvalue weighted by atomic mass is 32.2. The van der Waals surface area contributed by atoms with E-state index in [1.807, 2.05) is 30.3 Å². The Kier molecular flexibility index (Phi) is 4.47. The van der Waals surface area contributed by atoms with Gasteiger partial charge in [0.15, 0.2) is 0 Å². The highest BCUT2D eigenvalue weighted by molar-refractivity contribution is 7.89. The third-order valence-electron chi connectivity index (χ3n) is 4.43. The van der Waals surface area contributed by atoms with Gasteiger partial charge in [-0.1, -0.05) is 30.3 Å². The SMILES string of the molecule is CN1CCC(CNS(=O)(=O)c2ccc3ccccc3c2)CC1. The maximum Gasteiger partial charge on any atom is 0.240 e. The Hall–Kier alpha value is -1.43. The second-order valence-corrected chi connectivity index (χ2v) is 7.87. The predicted molar refractivity (Wildman–Crippen MR) is 89.4 cm³/mol. The number of nitrogens with one attached hydrogen (secondary N) is 1. The average molecular weight is 318 g/mol. The largest absolute Gasteiger partial charge is 0.306 e. The number of hydrogen-bond donors (Lipinski definition) is 1. The van der Waals surface area contributed by atoms with E-state index in [-0.39, 0.29) is 0 Å². The Labute approximate surface area is 132 Å². The molecule has 1 fully saturated rings. The molecule has 1 saturated heterocycles. The number of rotatable bonds is 4. The molecule has 3 rings (SSSR count). The third kappa shape index (κ3) is 3.48. The number of nitrogens with zero attached hydrogens (tertiary/aromatic N) is 1. The molecule has 0 atom stereocenters. The van der Waals surface area contributed by atoms with E-state index < -0.39 is 10.0 Å². The van der Waals surface area contributed by atoms with Crippen LogP contribution in [-0.4, -0.2) is 40.0 Å². The topological polar surface area (TPSA) is 49.4 Å². The van der Waals surface area contributed by atoms with Gasteiger partial charge in [-0.3, -0.25) is 0 Å². The zero-order chi connectivity index (χ0) is 15.6. The van der Waals surface area contributed by atoms with Crippen LogP contribution in [0.5, 0.6) is 0 Å². The van der Waals surface area contributed by atoms with Gasteiger partial charge in [-0.05, 0) is 61.8 Å². The summed E-state index contributed by atoms with van der Waals surface area (Å²) in [6, 6.07) is 13.1. The average Bonchev–Trinajstić information content (AvgIpc) is 2.54. The molecule has 1 heterocycles. The first-order valence-corrected chi connectivity index (χ1v) is 9.20. The van der Waals surface area contributed by atoms with Gasteiger partial charge in [-0.2, -0.15) is 0 Å². The third-order valence-corrected chi connectivity index (χ3v) is 5.85. The Bertz CT molecular complexity index is 750. The van der Waals surface area contributed by atoms with Crippen LogP contribution < -0.4 is 4.72 Å². The summed E-state index contributed by atoms with van der Waals surface area (Å²) < 4.78 is 27.7. The lowest BCUT2D eigenvalue weighted by atomic mass is 9.98. The second-order valence-electron chi connectivity index (χ2n) is 6.11.